The molecular weight excluding hydrogens is 166 g/mol. The van der Waals surface area contributed by atoms with E-state index in [2.05, 4.69) is 5.32 Å². The van der Waals surface area contributed by atoms with Gasteiger partial charge in [-0.1, -0.05) is 6.42 Å². The second-order valence-corrected chi connectivity index (χ2v) is 4.33. The standard InChI is InChI=1S/C10H17NO2/c12-10(13)8-4-5-9(8)11-6-7-2-1-3-7/h7-9,11H,1-6H2,(H,12,13). The summed E-state index contributed by atoms with van der Waals surface area (Å²) in [5, 5.41) is 12.2. The van der Waals surface area contributed by atoms with Crippen LogP contribution in [0.1, 0.15) is 32.1 Å². The van der Waals surface area contributed by atoms with Crippen LogP contribution in [-0.2, 0) is 4.79 Å². The topological polar surface area (TPSA) is 49.3 Å². The molecule has 0 bridgehead atoms. The van der Waals surface area contributed by atoms with Crippen molar-refractivity contribution in [2.75, 3.05) is 6.54 Å². The van der Waals surface area contributed by atoms with Gasteiger partial charge in [0.25, 0.3) is 0 Å². The van der Waals surface area contributed by atoms with Gasteiger partial charge in [0.1, 0.15) is 0 Å². The first-order valence-corrected chi connectivity index (χ1v) is 5.23. The molecule has 0 aromatic carbocycles. The van der Waals surface area contributed by atoms with Crippen molar-refractivity contribution >= 4 is 5.97 Å². The zero-order valence-electron chi connectivity index (χ0n) is 7.83. The summed E-state index contributed by atoms with van der Waals surface area (Å²) in [5.41, 5.74) is 0. The van der Waals surface area contributed by atoms with Gasteiger partial charge in [0.05, 0.1) is 5.92 Å². The highest BCUT2D eigenvalue weighted by Crippen LogP contribution is 2.30. The summed E-state index contributed by atoms with van der Waals surface area (Å²) < 4.78 is 0. The number of aliphatic carboxylic acids is 1. The molecule has 0 spiro atoms. The number of carboxylic acid groups (broad SMARTS) is 1. The number of carbonyl (C=O) groups is 1. The van der Waals surface area contributed by atoms with E-state index in [9.17, 15) is 4.79 Å². The van der Waals surface area contributed by atoms with Crippen molar-refractivity contribution in [2.24, 2.45) is 11.8 Å². The Morgan fingerprint density at radius 3 is 2.46 bits per heavy atom. The average molecular weight is 183 g/mol. The van der Waals surface area contributed by atoms with E-state index in [1.54, 1.807) is 0 Å². The molecule has 2 fully saturated rings. The molecule has 0 radical (unpaired) electrons. The number of hydrogen-bond acceptors (Lipinski definition) is 2. The van der Waals surface area contributed by atoms with Gasteiger partial charge in [-0.25, -0.2) is 0 Å². The Bertz CT molecular complexity index is 201. The van der Waals surface area contributed by atoms with E-state index >= 15 is 0 Å². The van der Waals surface area contributed by atoms with Crippen molar-refractivity contribution in [3.63, 3.8) is 0 Å². The summed E-state index contributed by atoms with van der Waals surface area (Å²) in [6.07, 6.45) is 5.93. The zero-order chi connectivity index (χ0) is 9.26. The number of hydrogen-bond donors (Lipinski definition) is 2. The summed E-state index contributed by atoms with van der Waals surface area (Å²) in [7, 11) is 0. The first-order valence-electron chi connectivity index (χ1n) is 5.23. The molecule has 3 heteroatoms. The second kappa shape index (κ2) is 3.66. The van der Waals surface area contributed by atoms with E-state index in [0.29, 0.717) is 0 Å². The number of carboxylic acids is 1. The molecule has 2 unspecified atom stereocenters. The molecule has 2 rings (SSSR count). The largest absolute Gasteiger partial charge is 0.481 e. The molecule has 74 valence electrons. The van der Waals surface area contributed by atoms with E-state index in [1.807, 2.05) is 0 Å². The maximum absolute atomic E-state index is 10.7. The monoisotopic (exact) mass is 183 g/mol. The Hall–Kier alpha value is -0.570. The van der Waals surface area contributed by atoms with Gasteiger partial charge in [-0.2, -0.15) is 0 Å². The van der Waals surface area contributed by atoms with Crippen molar-refractivity contribution in [1.82, 2.24) is 5.32 Å². The van der Waals surface area contributed by atoms with Crippen molar-refractivity contribution in [3.05, 3.63) is 0 Å². The lowest BCUT2D eigenvalue weighted by Crippen LogP contribution is -2.49. The fraction of sp³-hybridized carbons (Fsp3) is 0.900. The molecule has 2 atom stereocenters. The molecule has 0 aliphatic heterocycles. The van der Waals surface area contributed by atoms with Crippen molar-refractivity contribution in [1.29, 1.82) is 0 Å². The molecule has 0 heterocycles. The minimum absolute atomic E-state index is 0.111. The Kier molecular flexibility index (Phi) is 2.54. The highest BCUT2D eigenvalue weighted by Gasteiger charge is 2.36. The van der Waals surface area contributed by atoms with Crippen LogP contribution in [0.25, 0.3) is 0 Å². The minimum atomic E-state index is -0.627. The molecule has 3 nitrogen and oxygen atoms in total. The van der Waals surface area contributed by atoms with Crippen LogP contribution in [-0.4, -0.2) is 23.7 Å². The molecule has 2 saturated carbocycles. The highest BCUT2D eigenvalue weighted by molar-refractivity contribution is 5.72. The summed E-state index contributed by atoms with van der Waals surface area (Å²) >= 11 is 0. The Morgan fingerprint density at radius 2 is 2.08 bits per heavy atom. The van der Waals surface area contributed by atoms with Crippen LogP contribution in [0.15, 0.2) is 0 Å². The van der Waals surface area contributed by atoms with Crippen LogP contribution in [0.4, 0.5) is 0 Å². The minimum Gasteiger partial charge on any atom is -0.481 e. The maximum atomic E-state index is 10.7. The molecule has 2 N–H and O–H groups in total. The third kappa shape index (κ3) is 1.85. The zero-order valence-corrected chi connectivity index (χ0v) is 7.83. The van der Waals surface area contributed by atoms with Gasteiger partial charge in [-0.15, -0.1) is 0 Å². The van der Waals surface area contributed by atoms with E-state index < -0.39 is 5.97 Å². The fourth-order valence-electron chi connectivity index (χ4n) is 2.05. The van der Waals surface area contributed by atoms with Gasteiger partial charge in [0, 0.05) is 6.04 Å². The molecule has 0 aromatic heterocycles. The van der Waals surface area contributed by atoms with Crippen LogP contribution in [0.3, 0.4) is 0 Å². The van der Waals surface area contributed by atoms with Gasteiger partial charge in [-0.3, -0.25) is 4.79 Å². The molecule has 13 heavy (non-hydrogen) atoms. The average Bonchev–Trinajstić information content (AvgIpc) is 1.90. The number of nitrogens with one attached hydrogen (secondary N) is 1. The number of rotatable bonds is 4. The normalized spacial score (nSPS) is 33.5. The van der Waals surface area contributed by atoms with Gasteiger partial charge in [0.2, 0.25) is 0 Å². The van der Waals surface area contributed by atoms with Gasteiger partial charge in [0.15, 0.2) is 0 Å². The Balaban J connectivity index is 1.66. The summed E-state index contributed by atoms with van der Waals surface area (Å²) in [4.78, 5) is 10.7. The fourth-order valence-corrected chi connectivity index (χ4v) is 2.05. The highest BCUT2D eigenvalue weighted by atomic mass is 16.4. The van der Waals surface area contributed by atoms with E-state index in [-0.39, 0.29) is 12.0 Å². The van der Waals surface area contributed by atoms with E-state index in [4.69, 9.17) is 5.11 Å². The SMILES string of the molecule is O=C(O)C1CCC1NCC1CCC1. The lowest BCUT2D eigenvalue weighted by molar-refractivity contribution is -0.146. The third-order valence-electron chi connectivity index (χ3n) is 3.49. The summed E-state index contributed by atoms with van der Waals surface area (Å²) in [6.45, 7) is 1.04. The second-order valence-electron chi connectivity index (χ2n) is 4.33. The Morgan fingerprint density at radius 1 is 1.31 bits per heavy atom. The molecule has 0 saturated heterocycles. The predicted octanol–water partition coefficient (Wildman–Crippen LogP) is 1.24. The molecule has 0 amide bonds. The van der Waals surface area contributed by atoms with Crippen LogP contribution in [0, 0.1) is 11.8 Å². The first-order chi connectivity index (χ1) is 6.27. The lowest BCUT2D eigenvalue weighted by Gasteiger charge is -2.36. The molecule has 0 aromatic rings. The van der Waals surface area contributed by atoms with E-state index in [0.717, 1.165) is 25.3 Å². The quantitative estimate of drug-likeness (QED) is 0.689. The molecule has 2 aliphatic rings. The Labute approximate surface area is 78.5 Å². The van der Waals surface area contributed by atoms with Crippen molar-refractivity contribution in [2.45, 2.75) is 38.1 Å². The summed E-state index contributed by atoms with van der Waals surface area (Å²) in [6, 6.07) is 0.262. The molecular formula is C10H17NO2. The predicted molar refractivity (Wildman–Crippen MR) is 49.5 cm³/mol. The first kappa shape index (κ1) is 9.00. The van der Waals surface area contributed by atoms with Crippen LogP contribution in [0.5, 0.6) is 0 Å². The van der Waals surface area contributed by atoms with Crippen LogP contribution in [0.2, 0.25) is 0 Å². The molecule has 2 aliphatic carbocycles. The van der Waals surface area contributed by atoms with Gasteiger partial charge >= 0.3 is 5.97 Å². The van der Waals surface area contributed by atoms with Crippen LogP contribution >= 0.6 is 0 Å². The van der Waals surface area contributed by atoms with Gasteiger partial charge < -0.3 is 10.4 Å². The lowest BCUT2D eigenvalue weighted by atomic mass is 9.78. The van der Waals surface area contributed by atoms with Crippen LogP contribution < -0.4 is 5.32 Å². The van der Waals surface area contributed by atoms with Crippen molar-refractivity contribution < 1.29 is 9.90 Å². The maximum Gasteiger partial charge on any atom is 0.308 e. The van der Waals surface area contributed by atoms with Crippen molar-refractivity contribution in [3.8, 4) is 0 Å². The van der Waals surface area contributed by atoms with Gasteiger partial charge in [-0.05, 0) is 38.1 Å². The van der Waals surface area contributed by atoms with E-state index in [1.165, 1.54) is 19.3 Å². The summed E-state index contributed by atoms with van der Waals surface area (Å²) in [5.74, 6) is 0.0903. The smallest absolute Gasteiger partial charge is 0.308 e. The third-order valence-corrected chi connectivity index (χ3v) is 3.49.